The predicted octanol–water partition coefficient (Wildman–Crippen LogP) is 0.957. The minimum atomic E-state index is -3.95. The SMILES string of the molecule is CCN(C)C(=O)Nc1ccc(S(N)(=O)=O)cc1F. The Morgan fingerprint density at radius 2 is 2.11 bits per heavy atom. The number of rotatable bonds is 3. The first-order valence-corrected chi connectivity index (χ1v) is 6.64. The number of hydrogen-bond acceptors (Lipinski definition) is 3. The average molecular weight is 275 g/mol. The summed E-state index contributed by atoms with van der Waals surface area (Å²) in [5.74, 6) is -0.862. The molecule has 3 N–H and O–H groups in total. The van der Waals surface area contributed by atoms with Crippen molar-refractivity contribution in [1.29, 1.82) is 0 Å². The Labute approximate surface area is 105 Å². The monoisotopic (exact) mass is 275 g/mol. The molecular weight excluding hydrogens is 261 g/mol. The molecule has 0 heterocycles. The molecule has 0 fully saturated rings. The van der Waals surface area contributed by atoms with Crippen LogP contribution >= 0.6 is 0 Å². The number of amides is 2. The molecule has 0 radical (unpaired) electrons. The van der Waals surface area contributed by atoms with E-state index in [0.717, 1.165) is 18.2 Å². The smallest absolute Gasteiger partial charge is 0.321 e. The van der Waals surface area contributed by atoms with Crippen molar-refractivity contribution in [2.24, 2.45) is 5.14 Å². The molecule has 0 aliphatic carbocycles. The van der Waals surface area contributed by atoms with Crippen LogP contribution in [-0.2, 0) is 10.0 Å². The molecule has 0 bridgehead atoms. The van der Waals surface area contributed by atoms with Crippen molar-refractivity contribution in [1.82, 2.24) is 4.90 Å². The number of anilines is 1. The fourth-order valence-corrected chi connectivity index (χ4v) is 1.65. The fourth-order valence-electron chi connectivity index (χ4n) is 1.13. The van der Waals surface area contributed by atoms with Crippen LogP contribution in [0.15, 0.2) is 23.1 Å². The molecule has 6 nitrogen and oxygen atoms in total. The molecule has 0 unspecified atom stereocenters. The molecule has 0 saturated carbocycles. The van der Waals surface area contributed by atoms with Crippen LogP contribution < -0.4 is 10.5 Å². The van der Waals surface area contributed by atoms with E-state index in [9.17, 15) is 17.6 Å². The number of nitrogens with two attached hydrogens (primary N) is 1. The maximum atomic E-state index is 13.6. The maximum Gasteiger partial charge on any atom is 0.321 e. The van der Waals surface area contributed by atoms with E-state index in [0.29, 0.717) is 6.54 Å². The number of primary sulfonamides is 1. The maximum absolute atomic E-state index is 13.6. The highest BCUT2D eigenvalue weighted by Gasteiger charge is 2.14. The number of sulfonamides is 1. The molecule has 2 amide bonds. The summed E-state index contributed by atoms with van der Waals surface area (Å²) < 4.78 is 35.5. The highest BCUT2D eigenvalue weighted by atomic mass is 32.2. The zero-order valence-corrected chi connectivity index (χ0v) is 10.8. The van der Waals surface area contributed by atoms with Gasteiger partial charge in [-0.1, -0.05) is 0 Å². The van der Waals surface area contributed by atoms with Crippen molar-refractivity contribution in [2.45, 2.75) is 11.8 Å². The molecule has 0 saturated heterocycles. The van der Waals surface area contributed by atoms with E-state index >= 15 is 0 Å². The standard InChI is InChI=1S/C10H14FN3O3S/c1-3-14(2)10(15)13-9-5-4-7(6-8(9)11)18(12,16)17/h4-6H,3H2,1-2H3,(H,13,15)(H2,12,16,17). The number of carbonyl (C=O) groups excluding carboxylic acids is 1. The van der Waals surface area contributed by atoms with Gasteiger partial charge in [0.25, 0.3) is 0 Å². The van der Waals surface area contributed by atoms with Gasteiger partial charge in [-0.25, -0.2) is 22.7 Å². The van der Waals surface area contributed by atoms with E-state index in [-0.39, 0.29) is 10.6 Å². The second kappa shape index (κ2) is 5.32. The van der Waals surface area contributed by atoms with Gasteiger partial charge >= 0.3 is 6.03 Å². The Bertz CT molecular complexity index is 559. The molecule has 0 spiro atoms. The lowest BCUT2D eigenvalue weighted by atomic mass is 10.3. The summed E-state index contributed by atoms with van der Waals surface area (Å²) in [6, 6.07) is 2.55. The van der Waals surface area contributed by atoms with Crippen LogP contribution in [-0.4, -0.2) is 32.9 Å². The average Bonchev–Trinajstić information content (AvgIpc) is 2.29. The van der Waals surface area contributed by atoms with Crippen LogP contribution in [0.3, 0.4) is 0 Å². The van der Waals surface area contributed by atoms with Gasteiger partial charge in [-0.05, 0) is 25.1 Å². The third-order valence-corrected chi connectivity index (χ3v) is 3.24. The van der Waals surface area contributed by atoms with Crippen LogP contribution in [0.5, 0.6) is 0 Å². The van der Waals surface area contributed by atoms with E-state index in [1.54, 1.807) is 14.0 Å². The Morgan fingerprint density at radius 3 is 2.56 bits per heavy atom. The Kier molecular flexibility index (Phi) is 4.25. The Morgan fingerprint density at radius 1 is 1.50 bits per heavy atom. The molecule has 100 valence electrons. The molecule has 0 aliphatic rings. The highest BCUT2D eigenvalue weighted by molar-refractivity contribution is 7.89. The van der Waals surface area contributed by atoms with Gasteiger partial charge in [0.05, 0.1) is 10.6 Å². The lowest BCUT2D eigenvalue weighted by Gasteiger charge is -2.15. The van der Waals surface area contributed by atoms with Gasteiger partial charge in [-0.15, -0.1) is 0 Å². The molecule has 1 aromatic carbocycles. The summed E-state index contributed by atoms with van der Waals surface area (Å²) in [6.07, 6.45) is 0. The topological polar surface area (TPSA) is 92.5 Å². The number of halogens is 1. The summed E-state index contributed by atoms with van der Waals surface area (Å²) in [4.78, 5) is 12.5. The summed E-state index contributed by atoms with van der Waals surface area (Å²) in [7, 11) is -2.41. The van der Waals surface area contributed by atoms with E-state index in [2.05, 4.69) is 5.32 Å². The normalized spacial score (nSPS) is 11.1. The number of hydrogen-bond donors (Lipinski definition) is 2. The van der Waals surface area contributed by atoms with E-state index in [1.807, 2.05) is 0 Å². The zero-order valence-electron chi connectivity index (χ0n) is 9.97. The largest absolute Gasteiger partial charge is 0.328 e. The number of nitrogens with one attached hydrogen (secondary N) is 1. The second-order valence-corrected chi connectivity index (χ2v) is 5.19. The quantitative estimate of drug-likeness (QED) is 0.860. The third-order valence-electron chi connectivity index (χ3n) is 2.33. The van der Waals surface area contributed by atoms with Crippen molar-refractivity contribution in [2.75, 3.05) is 18.9 Å². The van der Waals surface area contributed by atoms with Gasteiger partial charge in [0, 0.05) is 13.6 Å². The van der Waals surface area contributed by atoms with E-state index in [4.69, 9.17) is 5.14 Å². The Hall–Kier alpha value is -1.67. The van der Waals surface area contributed by atoms with Crippen molar-refractivity contribution in [3.8, 4) is 0 Å². The highest BCUT2D eigenvalue weighted by Crippen LogP contribution is 2.18. The fraction of sp³-hybridized carbons (Fsp3) is 0.300. The molecule has 8 heteroatoms. The molecular formula is C10H14FN3O3S. The summed E-state index contributed by atoms with van der Waals surface area (Å²) in [5.41, 5.74) is -0.104. The summed E-state index contributed by atoms with van der Waals surface area (Å²) >= 11 is 0. The third kappa shape index (κ3) is 3.41. The van der Waals surface area contributed by atoms with Crippen molar-refractivity contribution < 1.29 is 17.6 Å². The van der Waals surface area contributed by atoms with Crippen molar-refractivity contribution in [3.63, 3.8) is 0 Å². The minimum absolute atomic E-state index is 0.104. The van der Waals surface area contributed by atoms with Gasteiger partial charge in [-0.3, -0.25) is 0 Å². The van der Waals surface area contributed by atoms with Crippen LogP contribution in [0.1, 0.15) is 6.92 Å². The molecule has 1 rings (SSSR count). The summed E-state index contributed by atoms with van der Waals surface area (Å²) in [6.45, 7) is 2.22. The lowest BCUT2D eigenvalue weighted by molar-refractivity contribution is 0.224. The van der Waals surface area contributed by atoms with Gasteiger partial charge in [0.2, 0.25) is 10.0 Å². The first kappa shape index (κ1) is 14.4. The van der Waals surface area contributed by atoms with Gasteiger partial charge in [-0.2, -0.15) is 0 Å². The predicted molar refractivity (Wildman–Crippen MR) is 65.1 cm³/mol. The van der Waals surface area contributed by atoms with Gasteiger partial charge < -0.3 is 10.2 Å². The van der Waals surface area contributed by atoms with Crippen LogP contribution in [0, 0.1) is 5.82 Å². The lowest BCUT2D eigenvalue weighted by Crippen LogP contribution is -2.31. The van der Waals surface area contributed by atoms with Crippen LogP contribution in [0.4, 0.5) is 14.9 Å². The van der Waals surface area contributed by atoms with Crippen LogP contribution in [0.25, 0.3) is 0 Å². The van der Waals surface area contributed by atoms with Gasteiger partial charge in [0.15, 0.2) is 0 Å². The first-order chi connectivity index (χ1) is 8.25. The molecule has 1 aromatic rings. The summed E-state index contributed by atoms with van der Waals surface area (Å²) in [5, 5.41) is 7.17. The molecule has 0 aliphatic heterocycles. The molecule has 0 aromatic heterocycles. The molecule has 0 atom stereocenters. The number of nitrogens with zero attached hydrogens (tertiary/aromatic N) is 1. The van der Waals surface area contributed by atoms with Gasteiger partial charge in [0.1, 0.15) is 5.82 Å². The van der Waals surface area contributed by atoms with Crippen molar-refractivity contribution >= 4 is 21.7 Å². The number of benzene rings is 1. The zero-order chi connectivity index (χ0) is 13.9. The Balaban J connectivity index is 2.97. The van der Waals surface area contributed by atoms with Crippen LogP contribution in [0.2, 0.25) is 0 Å². The minimum Gasteiger partial charge on any atom is -0.328 e. The molecule has 18 heavy (non-hydrogen) atoms. The second-order valence-electron chi connectivity index (χ2n) is 3.63. The number of carbonyl (C=O) groups is 1. The first-order valence-electron chi connectivity index (χ1n) is 5.10. The van der Waals surface area contributed by atoms with Crippen molar-refractivity contribution in [3.05, 3.63) is 24.0 Å². The van der Waals surface area contributed by atoms with E-state index in [1.165, 1.54) is 4.90 Å². The van der Waals surface area contributed by atoms with E-state index < -0.39 is 21.9 Å². The number of urea groups is 1.